The van der Waals surface area contributed by atoms with Crippen molar-refractivity contribution < 1.29 is 0 Å². The minimum Gasteiger partial charge on any atom is -0.309 e. The van der Waals surface area contributed by atoms with Gasteiger partial charge >= 0.3 is 0 Å². The van der Waals surface area contributed by atoms with E-state index in [2.05, 4.69) is 220 Å². The Labute approximate surface area is 361 Å². The molecule has 0 fully saturated rings. The predicted octanol–water partition coefficient (Wildman–Crippen LogP) is 16.5. The van der Waals surface area contributed by atoms with Gasteiger partial charge in [-0.2, -0.15) is 0 Å². The van der Waals surface area contributed by atoms with E-state index in [0.717, 1.165) is 0 Å². The maximum Gasteiger partial charge on any atom is 0.0547 e. The second kappa shape index (κ2) is 15.4. The van der Waals surface area contributed by atoms with Crippen LogP contribution in [0.4, 0.5) is 0 Å². The molecule has 8 aromatic carbocycles. The summed E-state index contributed by atoms with van der Waals surface area (Å²) in [6.07, 6.45) is 0. The first-order chi connectivity index (χ1) is 29.7. The van der Waals surface area contributed by atoms with Gasteiger partial charge in [-0.25, -0.2) is 0 Å². The lowest BCUT2D eigenvalue weighted by molar-refractivity contribution is 0.660. The molecule has 2 aliphatic rings. The lowest BCUT2D eigenvalue weighted by Crippen LogP contribution is -2.15. The quantitative estimate of drug-likeness (QED) is 0.165. The van der Waals surface area contributed by atoms with Gasteiger partial charge in [0.05, 0.1) is 22.1 Å². The van der Waals surface area contributed by atoms with E-state index in [1.807, 2.05) is 27.7 Å². The molecule has 12 rings (SSSR count). The molecule has 0 N–H and O–H groups in total. The molecule has 0 unspecified atom stereocenters. The van der Waals surface area contributed by atoms with E-state index < -0.39 is 0 Å². The fraction of sp³-hybridized carbons (Fsp3) is 0.186. The third-order valence-electron chi connectivity index (χ3n) is 13.0. The summed E-state index contributed by atoms with van der Waals surface area (Å²) in [5.74, 6) is 0. The first kappa shape index (κ1) is 39.8. The van der Waals surface area contributed by atoms with Gasteiger partial charge in [-0.05, 0) is 112 Å². The average Bonchev–Trinajstić information content (AvgIpc) is 3.95. The number of rotatable bonds is 2. The van der Waals surface area contributed by atoms with Crippen molar-refractivity contribution in [3.8, 4) is 33.6 Å². The summed E-state index contributed by atoms with van der Waals surface area (Å²) in [5.41, 5.74) is 20.1. The standard InChI is InChI=1S/C28H23N.C27H21N.2C2H6/c1-18-13-14-20-22-16-23-21-11-7-8-12-26(21)29(19-9-5-4-6-10-19)27(23)17-25(22)28(2,3)24(20)15-18;1-27(2)23-14-8-6-12-19(23)21-17-26-22(16-24(21)27)20-13-7-9-15-25(20)28(26)18-10-4-3-5-11-18;2*1-2/h4-17H,1-3H3;3-17H,1-2H3;2*1-2H3. The highest BCUT2D eigenvalue weighted by Gasteiger charge is 2.37. The fourth-order valence-electron chi connectivity index (χ4n) is 10.2. The summed E-state index contributed by atoms with van der Waals surface area (Å²) in [4.78, 5) is 0. The highest BCUT2D eigenvalue weighted by atomic mass is 15.0. The van der Waals surface area contributed by atoms with Crippen molar-refractivity contribution in [2.75, 3.05) is 0 Å². The molecule has 0 spiro atoms. The van der Waals surface area contributed by atoms with E-state index >= 15 is 0 Å². The number of hydrogen-bond donors (Lipinski definition) is 0. The summed E-state index contributed by atoms with van der Waals surface area (Å²) in [6, 6.07) is 64.4. The molecule has 302 valence electrons. The van der Waals surface area contributed by atoms with E-state index in [4.69, 9.17) is 0 Å². The number of fused-ring (bicyclic) bond motifs is 12. The monoisotopic (exact) mass is 792 g/mol. The highest BCUT2D eigenvalue weighted by molar-refractivity contribution is 6.12. The van der Waals surface area contributed by atoms with Gasteiger partial charge in [-0.15, -0.1) is 0 Å². The van der Waals surface area contributed by atoms with Crippen LogP contribution < -0.4 is 0 Å². The van der Waals surface area contributed by atoms with Gasteiger partial charge in [0.15, 0.2) is 0 Å². The SMILES string of the molecule is CC.CC.CC1(C)c2ccccc2-c2cc3c(cc21)c1ccccc1n3-c1ccccc1.Cc1ccc2c(c1)C(C)(C)c1cc3c(cc1-2)c1ccccc1n3-c1ccccc1. The number of benzene rings is 8. The van der Waals surface area contributed by atoms with Crippen LogP contribution in [0.3, 0.4) is 0 Å². The summed E-state index contributed by atoms with van der Waals surface area (Å²) in [5, 5.41) is 5.29. The van der Waals surface area contributed by atoms with Crippen molar-refractivity contribution in [1.82, 2.24) is 9.13 Å². The minimum absolute atomic E-state index is 0.00283. The molecule has 0 amide bonds. The smallest absolute Gasteiger partial charge is 0.0547 e. The number of para-hydroxylation sites is 4. The predicted molar refractivity (Wildman–Crippen MR) is 264 cm³/mol. The summed E-state index contributed by atoms with van der Waals surface area (Å²) in [6.45, 7) is 19.6. The van der Waals surface area contributed by atoms with Crippen molar-refractivity contribution in [2.24, 2.45) is 0 Å². The zero-order chi connectivity index (χ0) is 42.6. The lowest BCUT2D eigenvalue weighted by Gasteiger charge is -2.22. The lowest BCUT2D eigenvalue weighted by atomic mass is 9.82. The van der Waals surface area contributed by atoms with Crippen LogP contribution in [-0.2, 0) is 10.8 Å². The summed E-state index contributed by atoms with van der Waals surface area (Å²) >= 11 is 0. The van der Waals surface area contributed by atoms with E-state index in [1.165, 1.54) is 105 Å². The number of aromatic nitrogens is 2. The van der Waals surface area contributed by atoms with Crippen molar-refractivity contribution in [3.05, 3.63) is 204 Å². The molecule has 2 nitrogen and oxygen atoms in total. The van der Waals surface area contributed by atoms with Crippen molar-refractivity contribution in [3.63, 3.8) is 0 Å². The zero-order valence-corrected chi connectivity index (χ0v) is 37.1. The maximum atomic E-state index is 2.44. The van der Waals surface area contributed by atoms with Gasteiger partial charge in [0.1, 0.15) is 0 Å². The number of aryl methyl sites for hydroxylation is 1. The minimum atomic E-state index is 0.00283. The molecule has 0 saturated heterocycles. The van der Waals surface area contributed by atoms with Crippen LogP contribution in [0.5, 0.6) is 0 Å². The van der Waals surface area contributed by atoms with Gasteiger partial charge in [0.2, 0.25) is 0 Å². The van der Waals surface area contributed by atoms with Crippen molar-refractivity contribution >= 4 is 43.6 Å². The van der Waals surface area contributed by atoms with Gasteiger partial charge in [0.25, 0.3) is 0 Å². The fourth-order valence-corrected chi connectivity index (χ4v) is 10.2. The van der Waals surface area contributed by atoms with Crippen LogP contribution in [0.1, 0.15) is 83.2 Å². The molecule has 0 radical (unpaired) electrons. The number of hydrogen-bond acceptors (Lipinski definition) is 0. The third kappa shape index (κ3) is 6.14. The topological polar surface area (TPSA) is 9.86 Å². The summed E-state index contributed by atoms with van der Waals surface area (Å²) in [7, 11) is 0. The van der Waals surface area contributed by atoms with Crippen LogP contribution in [0.25, 0.3) is 77.2 Å². The Morgan fingerprint density at radius 3 is 1.34 bits per heavy atom. The third-order valence-corrected chi connectivity index (χ3v) is 13.0. The van der Waals surface area contributed by atoms with Crippen LogP contribution in [0, 0.1) is 6.92 Å². The molecule has 2 heterocycles. The van der Waals surface area contributed by atoms with Gasteiger partial charge in [-0.3, -0.25) is 0 Å². The molecule has 2 heteroatoms. The van der Waals surface area contributed by atoms with E-state index in [0.29, 0.717) is 0 Å². The molecule has 10 aromatic rings. The Bertz CT molecular complexity index is 3230. The maximum absolute atomic E-state index is 2.44. The average molecular weight is 793 g/mol. The molecule has 2 aliphatic carbocycles. The van der Waals surface area contributed by atoms with E-state index in [9.17, 15) is 0 Å². The second-order valence-corrected chi connectivity index (χ2v) is 17.1. The van der Waals surface area contributed by atoms with Gasteiger partial charge in [-0.1, -0.05) is 176 Å². The first-order valence-corrected chi connectivity index (χ1v) is 22.2. The molecular formula is C59H56N2. The Kier molecular flexibility index (Phi) is 10.1. The first-order valence-electron chi connectivity index (χ1n) is 22.2. The molecule has 0 atom stereocenters. The largest absolute Gasteiger partial charge is 0.309 e. The molecule has 0 aliphatic heterocycles. The summed E-state index contributed by atoms with van der Waals surface area (Å²) < 4.78 is 4.81. The zero-order valence-electron chi connectivity index (χ0n) is 37.1. The van der Waals surface area contributed by atoms with Crippen LogP contribution in [-0.4, -0.2) is 9.13 Å². The molecule has 61 heavy (non-hydrogen) atoms. The number of nitrogens with zero attached hydrogens (tertiary/aromatic N) is 2. The van der Waals surface area contributed by atoms with Crippen molar-refractivity contribution in [1.29, 1.82) is 0 Å². The molecule has 2 aromatic heterocycles. The van der Waals surface area contributed by atoms with Crippen LogP contribution in [0.2, 0.25) is 0 Å². The Morgan fingerprint density at radius 2 is 0.738 bits per heavy atom. The van der Waals surface area contributed by atoms with Crippen molar-refractivity contribution in [2.45, 2.75) is 73.1 Å². The molecule has 0 saturated carbocycles. The van der Waals surface area contributed by atoms with Gasteiger partial charge in [0, 0.05) is 43.7 Å². The molecule has 0 bridgehead atoms. The Balaban J connectivity index is 0.000000145. The Hall–Kier alpha value is -6.64. The van der Waals surface area contributed by atoms with Crippen LogP contribution >= 0.6 is 0 Å². The normalized spacial score (nSPS) is 13.6. The molecular weight excluding hydrogens is 737 g/mol. The highest BCUT2D eigenvalue weighted by Crippen LogP contribution is 2.52. The second-order valence-electron chi connectivity index (χ2n) is 17.1. The van der Waals surface area contributed by atoms with E-state index in [1.54, 1.807) is 0 Å². The Morgan fingerprint density at radius 1 is 0.311 bits per heavy atom. The van der Waals surface area contributed by atoms with Crippen LogP contribution in [0.15, 0.2) is 176 Å². The van der Waals surface area contributed by atoms with Gasteiger partial charge < -0.3 is 9.13 Å². The van der Waals surface area contributed by atoms with E-state index in [-0.39, 0.29) is 10.8 Å².